The van der Waals surface area contributed by atoms with E-state index in [0.29, 0.717) is 12.3 Å². The molecule has 1 unspecified atom stereocenters. The lowest BCUT2D eigenvalue weighted by Gasteiger charge is -2.36. The molecule has 1 saturated heterocycles. The summed E-state index contributed by atoms with van der Waals surface area (Å²) in [5, 5.41) is 7.33. The van der Waals surface area contributed by atoms with Crippen LogP contribution in [0.1, 0.15) is 19.5 Å². The highest BCUT2D eigenvalue weighted by molar-refractivity contribution is 14.0. The minimum absolute atomic E-state index is 0. The fourth-order valence-corrected chi connectivity index (χ4v) is 3.12. The largest absolute Gasteiger partial charge is 0.489 e. The lowest BCUT2D eigenvalue weighted by atomic mass is 10.3. The number of halogens is 2. The minimum Gasteiger partial charge on any atom is -0.489 e. The van der Waals surface area contributed by atoms with E-state index in [1.165, 1.54) is 12.1 Å². The first kappa shape index (κ1) is 23.4. The Morgan fingerprint density at radius 3 is 2.76 bits per heavy atom. The number of ether oxygens (including phenoxy) is 1. The second kappa shape index (κ2) is 12.0. The van der Waals surface area contributed by atoms with Gasteiger partial charge in [0.05, 0.1) is 12.2 Å². The third-order valence-electron chi connectivity index (χ3n) is 4.52. The number of piperazine rings is 1. The second-order valence-corrected chi connectivity index (χ2v) is 6.83. The summed E-state index contributed by atoms with van der Waals surface area (Å²) in [6.45, 7) is 9.76. The molecule has 1 aliphatic rings. The Morgan fingerprint density at radius 1 is 1.31 bits per heavy atom. The van der Waals surface area contributed by atoms with Gasteiger partial charge in [0.1, 0.15) is 23.9 Å². The molecule has 1 aromatic heterocycles. The third kappa shape index (κ3) is 7.46. The lowest BCUT2D eigenvalue weighted by molar-refractivity contribution is 0.168. The van der Waals surface area contributed by atoms with Gasteiger partial charge in [0.2, 0.25) is 0 Å². The van der Waals surface area contributed by atoms with Crippen molar-refractivity contribution in [2.45, 2.75) is 26.5 Å². The topological polar surface area (TPSA) is 66.1 Å². The van der Waals surface area contributed by atoms with E-state index >= 15 is 0 Å². The third-order valence-corrected chi connectivity index (χ3v) is 4.52. The molecule has 2 aromatic rings. The first-order valence-electron chi connectivity index (χ1n) is 9.71. The highest BCUT2D eigenvalue weighted by Gasteiger charge is 2.20. The Morgan fingerprint density at radius 2 is 2.10 bits per heavy atom. The highest BCUT2D eigenvalue weighted by Crippen LogP contribution is 2.14. The number of aliphatic imine (C=N–C) groups is 1. The summed E-state index contributed by atoms with van der Waals surface area (Å²) in [5.74, 6) is 1.11. The Balaban J connectivity index is 0.00000300. The molecule has 0 spiro atoms. The molecule has 3 rings (SSSR count). The van der Waals surface area contributed by atoms with Gasteiger partial charge in [-0.05, 0) is 26.0 Å². The van der Waals surface area contributed by atoms with Crippen molar-refractivity contribution in [2.75, 3.05) is 39.3 Å². The average Bonchev–Trinajstić information content (AvgIpc) is 3.19. The van der Waals surface area contributed by atoms with Crippen molar-refractivity contribution in [1.29, 1.82) is 0 Å². The molecular weight excluding hydrogens is 488 g/mol. The monoisotopic (exact) mass is 517 g/mol. The van der Waals surface area contributed by atoms with Crippen LogP contribution in [0.2, 0.25) is 0 Å². The molecule has 0 amide bonds. The van der Waals surface area contributed by atoms with Gasteiger partial charge in [0.15, 0.2) is 5.96 Å². The summed E-state index contributed by atoms with van der Waals surface area (Å²) in [7, 11) is 0. The maximum atomic E-state index is 13.3. The quantitative estimate of drug-likeness (QED) is 0.346. The fraction of sp³-hybridized carbons (Fsp3) is 0.500. The molecule has 29 heavy (non-hydrogen) atoms. The molecule has 7 nitrogen and oxygen atoms in total. The minimum atomic E-state index is -0.301. The molecule has 9 heteroatoms. The number of rotatable bonds is 7. The Hall–Kier alpha value is -1.88. The number of benzene rings is 1. The van der Waals surface area contributed by atoms with Crippen molar-refractivity contribution in [1.82, 2.24) is 20.3 Å². The van der Waals surface area contributed by atoms with Crippen LogP contribution in [0.15, 0.2) is 46.1 Å². The molecule has 1 aromatic carbocycles. The van der Waals surface area contributed by atoms with Crippen LogP contribution in [-0.4, -0.2) is 66.3 Å². The van der Waals surface area contributed by atoms with Crippen LogP contribution in [0, 0.1) is 5.82 Å². The van der Waals surface area contributed by atoms with E-state index in [-0.39, 0.29) is 35.9 Å². The number of nitrogens with one attached hydrogen (secondary N) is 1. The molecule has 1 atom stereocenters. The first-order valence-corrected chi connectivity index (χ1v) is 9.71. The van der Waals surface area contributed by atoms with E-state index < -0.39 is 0 Å². The van der Waals surface area contributed by atoms with Crippen molar-refractivity contribution < 1.29 is 13.7 Å². The predicted octanol–water partition coefficient (Wildman–Crippen LogP) is 2.98. The van der Waals surface area contributed by atoms with E-state index in [4.69, 9.17) is 14.3 Å². The average molecular weight is 517 g/mol. The summed E-state index contributed by atoms with van der Waals surface area (Å²) >= 11 is 0. The zero-order chi connectivity index (χ0) is 19.8. The molecule has 0 saturated carbocycles. The van der Waals surface area contributed by atoms with Crippen LogP contribution in [0.25, 0.3) is 0 Å². The first-order chi connectivity index (χ1) is 13.6. The molecule has 2 heterocycles. The Bertz CT molecular complexity index is 751. The van der Waals surface area contributed by atoms with E-state index in [9.17, 15) is 4.39 Å². The van der Waals surface area contributed by atoms with E-state index in [1.807, 2.05) is 13.0 Å². The summed E-state index contributed by atoms with van der Waals surface area (Å²) < 4.78 is 24.0. The standard InChI is InChI=1S/C20H28FN5O2.HI/c1-3-22-20(23-14-16(2)28-19-6-4-5-17(21)13-19)26-10-8-25(9-11-26)15-18-7-12-27-24-18;/h4-7,12-13,16H,3,8-11,14-15H2,1-2H3,(H,22,23);1H. The van der Waals surface area contributed by atoms with Crippen molar-refractivity contribution in [3.05, 3.63) is 48.1 Å². The van der Waals surface area contributed by atoms with Crippen molar-refractivity contribution in [2.24, 2.45) is 4.99 Å². The molecule has 160 valence electrons. The van der Waals surface area contributed by atoms with E-state index in [0.717, 1.165) is 50.9 Å². The van der Waals surface area contributed by atoms with Crippen LogP contribution in [0.5, 0.6) is 5.75 Å². The van der Waals surface area contributed by atoms with Gasteiger partial charge < -0.3 is 19.5 Å². The normalized spacial score (nSPS) is 16.2. The maximum Gasteiger partial charge on any atom is 0.194 e. The zero-order valence-electron chi connectivity index (χ0n) is 16.9. The molecule has 1 aliphatic heterocycles. The van der Waals surface area contributed by atoms with Crippen LogP contribution in [0.3, 0.4) is 0 Å². The fourth-order valence-electron chi connectivity index (χ4n) is 3.12. The van der Waals surface area contributed by atoms with Crippen molar-refractivity contribution in [3.8, 4) is 5.75 Å². The SMILES string of the molecule is CCNC(=NCC(C)Oc1cccc(F)c1)N1CCN(Cc2ccon2)CC1.I. The van der Waals surface area contributed by atoms with Crippen LogP contribution >= 0.6 is 24.0 Å². The van der Waals surface area contributed by atoms with Crippen molar-refractivity contribution >= 4 is 29.9 Å². The molecular formula is C20H29FIN5O2. The molecule has 0 bridgehead atoms. The van der Waals surface area contributed by atoms with Gasteiger partial charge in [-0.3, -0.25) is 4.90 Å². The Labute approximate surface area is 188 Å². The smallest absolute Gasteiger partial charge is 0.194 e. The summed E-state index contributed by atoms with van der Waals surface area (Å²) in [4.78, 5) is 9.34. The van der Waals surface area contributed by atoms with Crippen LogP contribution in [-0.2, 0) is 6.54 Å². The Kier molecular flexibility index (Phi) is 9.65. The predicted molar refractivity (Wildman–Crippen MR) is 121 cm³/mol. The molecule has 0 aliphatic carbocycles. The van der Waals surface area contributed by atoms with Crippen LogP contribution in [0.4, 0.5) is 4.39 Å². The lowest BCUT2D eigenvalue weighted by Crippen LogP contribution is -2.52. The van der Waals surface area contributed by atoms with Gasteiger partial charge in [-0.25, -0.2) is 9.38 Å². The molecule has 1 fully saturated rings. The summed E-state index contributed by atoms with van der Waals surface area (Å²) in [6, 6.07) is 8.09. The van der Waals surface area contributed by atoms with Gasteiger partial charge in [-0.15, -0.1) is 24.0 Å². The van der Waals surface area contributed by atoms with Gasteiger partial charge in [-0.1, -0.05) is 11.2 Å². The van der Waals surface area contributed by atoms with E-state index in [2.05, 4.69) is 27.2 Å². The summed E-state index contributed by atoms with van der Waals surface area (Å²) in [5.41, 5.74) is 0.956. The summed E-state index contributed by atoms with van der Waals surface area (Å²) in [6.07, 6.45) is 1.46. The van der Waals surface area contributed by atoms with Crippen LogP contribution < -0.4 is 10.1 Å². The second-order valence-electron chi connectivity index (χ2n) is 6.83. The molecule has 1 N–H and O–H groups in total. The van der Waals surface area contributed by atoms with Gasteiger partial charge >= 0.3 is 0 Å². The van der Waals surface area contributed by atoms with Gasteiger partial charge in [0, 0.05) is 51.4 Å². The number of aromatic nitrogens is 1. The van der Waals surface area contributed by atoms with Crippen molar-refractivity contribution in [3.63, 3.8) is 0 Å². The van der Waals surface area contributed by atoms with E-state index in [1.54, 1.807) is 18.4 Å². The maximum absolute atomic E-state index is 13.3. The zero-order valence-corrected chi connectivity index (χ0v) is 19.2. The highest BCUT2D eigenvalue weighted by atomic mass is 127. The number of guanidine groups is 1. The van der Waals surface area contributed by atoms with Gasteiger partial charge in [-0.2, -0.15) is 0 Å². The number of hydrogen-bond acceptors (Lipinski definition) is 5. The molecule has 0 radical (unpaired) electrons. The number of hydrogen-bond donors (Lipinski definition) is 1. The number of nitrogens with zero attached hydrogens (tertiary/aromatic N) is 4. The van der Waals surface area contributed by atoms with Gasteiger partial charge in [0.25, 0.3) is 0 Å².